The Labute approximate surface area is 149 Å². The first-order valence-corrected chi connectivity index (χ1v) is 8.69. The van der Waals surface area contributed by atoms with E-state index in [4.69, 9.17) is 0 Å². The molecule has 4 heteroatoms. The Hall–Kier alpha value is -2.62. The third-order valence-corrected chi connectivity index (χ3v) is 4.43. The Morgan fingerprint density at radius 2 is 1.48 bits per heavy atom. The minimum atomic E-state index is -0.373. The van der Waals surface area contributed by atoms with Gasteiger partial charge in [0.15, 0.2) is 5.78 Å². The number of nitrogens with one attached hydrogen (secondary N) is 2. The van der Waals surface area contributed by atoms with Crippen LogP contribution >= 0.6 is 0 Å². The molecule has 2 aromatic carbocycles. The van der Waals surface area contributed by atoms with Gasteiger partial charge in [0, 0.05) is 16.9 Å². The van der Waals surface area contributed by atoms with Gasteiger partial charge in [-0.25, -0.2) is 0 Å². The monoisotopic (exact) mass is 338 g/mol. The number of hydrogen-bond acceptors (Lipinski definition) is 3. The number of carbonyl (C=O) groups excluding carboxylic acids is 2. The molecule has 0 saturated heterocycles. The third kappa shape index (κ3) is 5.18. The van der Waals surface area contributed by atoms with Crippen LogP contribution in [0.2, 0.25) is 0 Å². The Morgan fingerprint density at radius 1 is 0.920 bits per heavy atom. The Morgan fingerprint density at radius 3 is 2.00 bits per heavy atom. The van der Waals surface area contributed by atoms with Gasteiger partial charge in [0.05, 0.1) is 0 Å². The molecular weight excluding hydrogens is 312 g/mol. The highest BCUT2D eigenvalue weighted by Gasteiger charge is 2.13. The third-order valence-electron chi connectivity index (χ3n) is 4.43. The fourth-order valence-corrected chi connectivity index (χ4v) is 2.50. The van der Waals surface area contributed by atoms with E-state index < -0.39 is 0 Å². The summed E-state index contributed by atoms with van der Waals surface area (Å²) < 4.78 is 0. The first kappa shape index (κ1) is 18.7. The van der Waals surface area contributed by atoms with E-state index >= 15 is 0 Å². The van der Waals surface area contributed by atoms with Gasteiger partial charge in [-0.2, -0.15) is 0 Å². The molecule has 1 amide bonds. The zero-order valence-corrected chi connectivity index (χ0v) is 15.3. The molecule has 132 valence electrons. The minimum absolute atomic E-state index is 0.00810. The first-order valence-electron chi connectivity index (χ1n) is 8.69. The summed E-state index contributed by atoms with van der Waals surface area (Å²) in [5.41, 5.74) is 3.53. The fourth-order valence-electron chi connectivity index (χ4n) is 2.50. The molecule has 0 aromatic heterocycles. The maximum atomic E-state index is 12.3. The molecule has 2 rings (SSSR count). The number of ketones is 1. The number of rotatable bonds is 7. The molecule has 0 bridgehead atoms. The SMILES string of the molecule is CC[C@@H](C)c1ccc(N[C@H](C)C(=O)Nc2ccc(C(C)=O)cc2)cc1. The normalized spacial score (nSPS) is 13.0. The zero-order chi connectivity index (χ0) is 18.4. The van der Waals surface area contributed by atoms with Crippen molar-refractivity contribution in [3.05, 3.63) is 59.7 Å². The molecule has 0 aliphatic rings. The first-order chi connectivity index (χ1) is 11.9. The highest BCUT2D eigenvalue weighted by Crippen LogP contribution is 2.21. The molecule has 0 spiro atoms. The molecule has 0 aliphatic carbocycles. The maximum Gasteiger partial charge on any atom is 0.246 e. The summed E-state index contributed by atoms with van der Waals surface area (Å²) in [6, 6.07) is 14.7. The van der Waals surface area contributed by atoms with E-state index in [-0.39, 0.29) is 17.7 Å². The maximum absolute atomic E-state index is 12.3. The van der Waals surface area contributed by atoms with Gasteiger partial charge < -0.3 is 10.6 Å². The van der Waals surface area contributed by atoms with Gasteiger partial charge in [-0.3, -0.25) is 9.59 Å². The van der Waals surface area contributed by atoms with E-state index in [0.717, 1.165) is 12.1 Å². The summed E-state index contributed by atoms with van der Waals surface area (Å²) in [6.07, 6.45) is 1.11. The van der Waals surface area contributed by atoms with Gasteiger partial charge in [0.1, 0.15) is 6.04 Å². The zero-order valence-electron chi connectivity index (χ0n) is 15.3. The van der Waals surface area contributed by atoms with Crippen molar-refractivity contribution in [3.63, 3.8) is 0 Å². The second kappa shape index (κ2) is 8.47. The quantitative estimate of drug-likeness (QED) is 0.710. The summed E-state index contributed by atoms with van der Waals surface area (Å²) in [7, 11) is 0. The van der Waals surface area contributed by atoms with Crippen molar-refractivity contribution in [2.45, 2.75) is 46.1 Å². The average molecular weight is 338 g/mol. The van der Waals surface area contributed by atoms with Crippen LogP contribution in [-0.2, 0) is 4.79 Å². The van der Waals surface area contributed by atoms with Crippen LogP contribution in [0.25, 0.3) is 0 Å². The molecule has 2 N–H and O–H groups in total. The van der Waals surface area contributed by atoms with Crippen LogP contribution in [0, 0.1) is 0 Å². The molecule has 0 saturated carbocycles. The van der Waals surface area contributed by atoms with E-state index in [9.17, 15) is 9.59 Å². The van der Waals surface area contributed by atoms with E-state index in [2.05, 4.69) is 36.6 Å². The molecule has 0 heterocycles. The molecule has 25 heavy (non-hydrogen) atoms. The predicted octanol–water partition coefficient (Wildman–Crippen LogP) is 4.84. The van der Waals surface area contributed by atoms with Gasteiger partial charge in [0.2, 0.25) is 5.91 Å². The molecule has 0 fully saturated rings. The van der Waals surface area contributed by atoms with Crippen LogP contribution in [-0.4, -0.2) is 17.7 Å². The lowest BCUT2D eigenvalue weighted by molar-refractivity contribution is -0.116. The van der Waals surface area contributed by atoms with E-state index in [1.165, 1.54) is 12.5 Å². The number of hydrogen-bond donors (Lipinski definition) is 2. The van der Waals surface area contributed by atoms with Gasteiger partial charge in [-0.15, -0.1) is 0 Å². The Kier molecular flexibility index (Phi) is 6.34. The average Bonchev–Trinajstić information content (AvgIpc) is 2.62. The highest BCUT2D eigenvalue weighted by atomic mass is 16.2. The number of benzene rings is 2. The lowest BCUT2D eigenvalue weighted by Gasteiger charge is -2.16. The lowest BCUT2D eigenvalue weighted by atomic mass is 9.98. The van der Waals surface area contributed by atoms with Gasteiger partial charge in [0.25, 0.3) is 0 Å². The molecule has 2 aromatic rings. The summed E-state index contributed by atoms with van der Waals surface area (Å²) in [6.45, 7) is 7.72. The van der Waals surface area contributed by atoms with E-state index in [0.29, 0.717) is 17.2 Å². The second-order valence-corrected chi connectivity index (χ2v) is 6.42. The van der Waals surface area contributed by atoms with Crippen LogP contribution < -0.4 is 10.6 Å². The molecule has 0 aliphatic heterocycles. The largest absolute Gasteiger partial charge is 0.374 e. The predicted molar refractivity (Wildman–Crippen MR) is 103 cm³/mol. The van der Waals surface area contributed by atoms with E-state index in [1.807, 2.05) is 19.1 Å². The summed E-state index contributed by atoms with van der Waals surface area (Å²) in [4.78, 5) is 23.6. The van der Waals surface area contributed by atoms with Crippen molar-refractivity contribution in [3.8, 4) is 0 Å². The summed E-state index contributed by atoms with van der Waals surface area (Å²) in [5, 5.41) is 6.06. The van der Waals surface area contributed by atoms with Crippen molar-refractivity contribution in [2.75, 3.05) is 10.6 Å². The van der Waals surface area contributed by atoms with Crippen molar-refractivity contribution >= 4 is 23.1 Å². The number of carbonyl (C=O) groups is 2. The number of Topliss-reactive ketones (excluding diaryl/α,β-unsaturated/α-hetero) is 1. The lowest BCUT2D eigenvalue weighted by Crippen LogP contribution is -2.31. The molecule has 0 unspecified atom stereocenters. The summed E-state index contributed by atoms with van der Waals surface area (Å²) in [5.74, 6) is 0.420. The van der Waals surface area contributed by atoms with Crippen LogP contribution in [0.15, 0.2) is 48.5 Å². The van der Waals surface area contributed by atoms with Gasteiger partial charge in [-0.1, -0.05) is 26.0 Å². The van der Waals surface area contributed by atoms with E-state index in [1.54, 1.807) is 24.3 Å². The minimum Gasteiger partial charge on any atom is -0.374 e. The van der Waals surface area contributed by atoms with Gasteiger partial charge in [-0.05, 0) is 68.1 Å². The highest BCUT2D eigenvalue weighted by molar-refractivity contribution is 5.97. The van der Waals surface area contributed by atoms with Gasteiger partial charge >= 0.3 is 0 Å². The standard InChI is InChI=1S/C21H26N2O2/c1-5-14(2)17-6-10-19(11-7-17)22-15(3)21(25)23-20-12-8-18(9-13-20)16(4)24/h6-15,22H,5H2,1-4H3,(H,23,25)/t14-,15-/m1/s1. The van der Waals surface area contributed by atoms with Crippen LogP contribution in [0.1, 0.15) is 56.0 Å². The van der Waals surface area contributed by atoms with Crippen molar-refractivity contribution < 1.29 is 9.59 Å². The van der Waals surface area contributed by atoms with Crippen LogP contribution in [0.3, 0.4) is 0 Å². The molecule has 4 nitrogen and oxygen atoms in total. The van der Waals surface area contributed by atoms with Crippen LogP contribution in [0.5, 0.6) is 0 Å². The number of amides is 1. The fraction of sp³-hybridized carbons (Fsp3) is 0.333. The molecule has 0 radical (unpaired) electrons. The smallest absolute Gasteiger partial charge is 0.246 e. The second-order valence-electron chi connectivity index (χ2n) is 6.42. The topological polar surface area (TPSA) is 58.2 Å². The Bertz CT molecular complexity index is 721. The number of anilines is 2. The van der Waals surface area contributed by atoms with Crippen molar-refractivity contribution in [1.29, 1.82) is 0 Å². The molecular formula is C21H26N2O2. The summed E-state index contributed by atoms with van der Waals surface area (Å²) >= 11 is 0. The Balaban J connectivity index is 1.94. The van der Waals surface area contributed by atoms with Crippen molar-refractivity contribution in [1.82, 2.24) is 0 Å². The van der Waals surface area contributed by atoms with Crippen LogP contribution in [0.4, 0.5) is 11.4 Å². The molecule has 2 atom stereocenters. The van der Waals surface area contributed by atoms with Crippen molar-refractivity contribution in [2.24, 2.45) is 0 Å².